The Morgan fingerprint density at radius 1 is 1.16 bits per heavy atom. The monoisotopic (exact) mass is 348 g/mol. The van der Waals surface area contributed by atoms with Crippen LogP contribution < -0.4 is 11.1 Å². The Kier molecular flexibility index (Phi) is 5.90. The quantitative estimate of drug-likeness (QED) is 0.658. The van der Waals surface area contributed by atoms with Gasteiger partial charge in [-0.1, -0.05) is 42.2 Å². The molecule has 2 aromatic carbocycles. The van der Waals surface area contributed by atoms with Crippen molar-refractivity contribution < 1.29 is 22.7 Å². The summed E-state index contributed by atoms with van der Waals surface area (Å²) in [5.41, 5.74) is 5.75. The maximum atomic E-state index is 12.5. The van der Waals surface area contributed by atoms with E-state index in [2.05, 4.69) is 17.2 Å². The van der Waals surface area contributed by atoms with E-state index in [9.17, 15) is 18.0 Å². The summed E-state index contributed by atoms with van der Waals surface area (Å²) in [5.74, 6) is 5.21. The van der Waals surface area contributed by atoms with E-state index >= 15 is 0 Å². The molecule has 0 fully saturated rings. The molecule has 0 radical (unpaired) electrons. The number of halogens is 3. The largest absolute Gasteiger partial charge is 0.445 e. The Morgan fingerprint density at radius 3 is 2.52 bits per heavy atom. The normalized spacial score (nSPS) is 10.5. The van der Waals surface area contributed by atoms with Crippen molar-refractivity contribution >= 4 is 11.8 Å². The maximum Gasteiger partial charge on any atom is 0.416 e. The molecule has 0 aliphatic carbocycles. The first-order valence-corrected chi connectivity index (χ1v) is 7.26. The lowest BCUT2D eigenvalue weighted by atomic mass is 10.1. The average Bonchev–Trinajstić information content (AvgIpc) is 2.58. The number of anilines is 1. The summed E-state index contributed by atoms with van der Waals surface area (Å²) in [4.78, 5) is 11.5. The smallest absolute Gasteiger partial charge is 0.416 e. The molecule has 3 N–H and O–H groups in total. The first-order chi connectivity index (χ1) is 11.9. The van der Waals surface area contributed by atoms with E-state index in [0.29, 0.717) is 0 Å². The fourth-order valence-corrected chi connectivity index (χ4v) is 1.88. The third-order valence-electron chi connectivity index (χ3n) is 3.14. The van der Waals surface area contributed by atoms with Gasteiger partial charge in [0.25, 0.3) is 0 Å². The van der Waals surface area contributed by atoms with E-state index in [4.69, 9.17) is 10.5 Å². The molecule has 130 valence electrons. The van der Waals surface area contributed by atoms with Crippen LogP contribution in [0, 0.1) is 11.8 Å². The molecular weight excluding hydrogens is 333 g/mol. The van der Waals surface area contributed by atoms with E-state index in [0.717, 1.165) is 17.7 Å². The molecule has 0 heterocycles. The summed E-state index contributed by atoms with van der Waals surface area (Å²) < 4.78 is 42.6. The molecule has 0 aliphatic rings. The zero-order chi connectivity index (χ0) is 18.3. The van der Waals surface area contributed by atoms with E-state index in [1.165, 1.54) is 6.07 Å². The lowest BCUT2D eigenvalue weighted by Crippen LogP contribution is -2.24. The van der Waals surface area contributed by atoms with Gasteiger partial charge in [0.2, 0.25) is 0 Å². The van der Waals surface area contributed by atoms with Crippen LogP contribution in [0.1, 0.15) is 16.7 Å². The van der Waals surface area contributed by atoms with Gasteiger partial charge in [0.1, 0.15) is 6.61 Å². The molecule has 0 unspecified atom stereocenters. The van der Waals surface area contributed by atoms with Crippen LogP contribution in [0.15, 0.2) is 48.5 Å². The van der Waals surface area contributed by atoms with Crippen molar-refractivity contribution in [3.63, 3.8) is 0 Å². The summed E-state index contributed by atoms with van der Waals surface area (Å²) in [6, 6.07) is 12.1. The molecule has 2 rings (SSSR count). The molecule has 0 aromatic heterocycles. The number of alkyl halides is 3. The van der Waals surface area contributed by atoms with Crippen LogP contribution >= 0.6 is 0 Å². The van der Waals surface area contributed by atoms with Crippen LogP contribution in [-0.2, 0) is 17.5 Å². The second-order valence-electron chi connectivity index (χ2n) is 5.02. The Hall–Kier alpha value is -3.14. The van der Waals surface area contributed by atoms with Crippen LogP contribution in [-0.4, -0.2) is 12.6 Å². The van der Waals surface area contributed by atoms with E-state index < -0.39 is 17.8 Å². The maximum absolute atomic E-state index is 12.5. The first-order valence-electron chi connectivity index (χ1n) is 7.26. The fraction of sp³-hybridized carbons (Fsp3) is 0.167. The molecule has 0 atom stereocenters. The number of hydrogen-bond donors (Lipinski definition) is 2. The topological polar surface area (TPSA) is 64.3 Å². The zero-order valence-electron chi connectivity index (χ0n) is 13.1. The predicted molar refractivity (Wildman–Crippen MR) is 87.4 cm³/mol. The standard InChI is InChI=1S/C18H15F3N2O2/c19-18(20,21)15-9-8-14(16(22)11-15)7-4-10-23-17(24)25-12-13-5-2-1-3-6-13/h1-3,5-6,8-9,11H,10,12,22H2,(H,23,24). The van der Waals surface area contributed by atoms with Crippen molar-refractivity contribution in [3.05, 3.63) is 65.2 Å². The fourth-order valence-electron chi connectivity index (χ4n) is 1.88. The molecule has 0 saturated carbocycles. The van der Waals surface area contributed by atoms with Crippen LogP contribution in [0.25, 0.3) is 0 Å². The van der Waals surface area contributed by atoms with Crippen LogP contribution in [0.4, 0.5) is 23.7 Å². The van der Waals surface area contributed by atoms with Gasteiger partial charge in [-0.25, -0.2) is 4.79 Å². The number of nitrogens with two attached hydrogens (primary N) is 1. The number of nitrogens with one attached hydrogen (secondary N) is 1. The van der Waals surface area contributed by atoms with Crippen molar-refractivity contribution in [2.24, 2.45) is 0 Å². The van der Waals surface area contributed by atoms with E-state index in [-0.39, 0.29) is 24.4 Å². The molecule has 4 nitrogen and oxygen atoms in total. The second-order valence-corrected chi connectivity index (χ2v) is 5.02. The van der Waals surface area contributed by atoms with Gasteiger partial charge in [-0.3, -0.25) is 0 Å². The second kappa shape index (κ2) is 8.11. The molecular formula is C18H15F3N2O2. The summed E-state index contributed by atoms with van der Waals surface area (Å²) >= 11 is 0. The third-order valence-corrected chi connectivity index (χ3v) is 3.14. The highest BCUT2D eigenvalue weighted by Gasteiger charge is 2.30. The number of hydrogen-bond acceptors (Lipinski definition) is 3. The molecule has 7 heteroatoms. The van der Waals surface area contributed by atoms with E-state index in [1.807, 2.05) is 30.3 Å². The molecule has 0 aliphatic heterocycles. The van der Waals surface area contributed by atoms with Crippen molar-refractivity contribution in [3.8, 4) is 11.8 Å². The van der Waals surface area contributed by atoms with Gasteiger partial charge in [0.15, 0.2) is 0 Å². The van der Waals surface area contributed by atoms with Crippen molar-refractivity contribution in [2.75, 3.05) is 12.3 Å². The van der Waals surface area contributed by atoms with Gasteiger partial charge in [-0.2, -0.15) is 13.2 Å². The number of rotatable bonds is 3. The summed E-state index contributed by atoms with van der Waals surface area (Å²) in [6.45, 7) is 0.111. The third kappa shape index (κ3) is 5.77. The number of nitrogen functional groups attached to an aromatic ring is 1. The molecule has 2 aromatic rings. The summed E-state index contributed by atoms with van der Waals surface area (Å²) in [5, 5.41) is 2.42. The Bertz CT molecular complexity index is 793. The van der Waals surface area contributed by atoms with Crippen molar-refractivity contribution in [2.45, 2.75) is 12.8 Å². The van der Waals surface area contributed by atoms with Crippen molar-refractivity contribution in [1.29, 1.82) is 0 Å². The average molecular weight is 348 g/mol. The van der Waals surface area contributed by atoms with Crippen LogP contribution in [0.3, 0.4) is 0 Å². The highest BCUT2D eigenvalue weighted by Crippen LogP contribution is 2.31. The summed E-state index contributed by atoms with van der Waals surface area (Å²) in [7, 11) is 0. The lowest BCUT2D eigenvalue weighted by Gasteiger charge is -2.08. The zero-order valence-corrected chi connectivity index (χ0v) is 13.1. The number of carbonyl (C=O) groups excluding carboxylic acids is 1. The number of alkyl carbamates (subject to hydrolysis) is 1. The molecule has 1 amide bonds. The molecule has 0 spiro atoms. The predicted octanol–water partition coefficient (Wildman–Crippen LogP) is 3.57. The number of benzene rings is 2. The van der Waals surface area contributed by atoms with Crippen molar-refractivity contribution in [1.82, 2.24) is 5.32 Å². The highest BCUT2D eigenvalue weighted by atomic mass is 19.4. The summed E-state index contributed by atoms with van der Waals surface area (Å²) in [6.07, 6.45) is -5.09. The number of carbonyl (C=O) groups is 1. The number of amides is 1. The van der Waals surface area contributed by atoms with Gasteiger partial charge >= 0.3 is 12.3 Å². The van der Waals surface area contributed by atoms with Crippen LogP contribution in [0.2, 0.25) is 0 Å². The van der Waals surface area contributed by atoms with Crippen LogP contribution in [0.5, 0.6) is 0 Å². The SMILES string of the molecule is Nc1cc(C(F)(F)F)ccc1C#CCNC(=O)OCc1ccccc1. The van der Waals surface area contributed by atoms with Gasteiger partial charge in [0.05, 0.1) is 12.1 Å². The van der Waals surface area contributed by atoms with Gasteiger partial charge in [0, 0.05) is 11.3 Å². The number of ether oxygens (including phenoxy) is 1. The molecule has 0 saturated heterocycles. The highest BCUT2D eigenvalue weighted by molar-refractivity contribution is 5.67. The van der Waals surface area contributed by atoms with E-state index in [1.54, 1.807) is 0 Å². The lowest BCUT2D eigenvalue weighted by molar-refractivity contribution is -0.137. The van der Waals surface area contributed by atoms with Gasteiger partial charge < -0.3 is 15.8 Å². The Balaban J connectivity index is 1.83. The minimum atomic E-state index is -4.45. The van der Waals surface area contributed by atoms with Gasteiger partial charge in [-0.15, -0.1) is 0 Å². The minimum Gasteiger partial charge on any atom is -0.445 e. The first kappa shape index (κ1) is 18.2. The van der Waals surface area contributed by atoms with Gasteiger partial charge in [-0.05, 0) is 23.8 Å². The minimum absolute atomic E-state index is 0.0198. The molecule has 25 heavy (non-hydrogen) atoms. The molecule has 0 bridgehead atoms. The Labute approximate surface area is 142 Å². The Morgan fingerprint density at radius 2 is 1.88 bits per heavy atom.